The molecule has 140 valence electrons. The second kappa shape index (κ2) is 10.7. The zero-order chi connectivity index (χ0) is 18.8. The summed E-state index contributed by atoms with van der Waals surface area (Å²) >= 11 is 0. The molecule has 2 rings (SSSR count). The van der Waals surface area contributed by atoms with Crippen molar-refractivity contribution >= 4 is 11.8 Å². The van der Waals surface area contributed by atoms with E-state index < -0.39 is 5.91 Å². The van der Waals surface area contributed by atoms with Gasteiger partial charge in [-0.05, 0) is 19.1 Å². The van der Waals surface area contributed by atoms with Gasteiger partial charge in [-0.15, -0.1) is 0 Å². The van der Waals surface area contributed by atoms with Crippen LogP contribution >= 0.6 is 0 Å². The Morgan fingerprint density at radius 2 is 2.08 bits per heavy atom. The van der Waals surface area contributed by atoms with Gasteiger partial charge in [-0.25, -0.2) is 5.48 Å². The quantitative estimate of drug-likeness (QED) is 0.641. The van der Waals surface area contributed by atoms with Crippen LogP contribution in [0.4, 0.5) is 0 Å². The van der Waals surface area contributed by atoms with E-state index in [0.717, 1.165) is 5.56 Å². The van der Waals surface area contributed by atoms with Gasteiger partial charge in [0.1, 0.15) is 12.4 Å². The Balaban J connectivity index is 0.000000970. The Morgan fingerprint density at radius 1 is 1.40 bits per heavy atom. The maximum Gasteiger partial charge on any atom is 0.274 e. The van der Waals surface area contributed by atoms with Crippen molar-refractivity contribution < 1.29 is 24.3 Å². The standard InChI is InChI=1S/C15H20N2O5.C3H8/c1-10-9-22-13-7-11(15(19)16-20)3-4-12(13)8-17(10)14(18)5-6-21-2;1-3-2/h3-4,7,10,20H,5-6,8-9H2,1-2H3,(H,16,19);3H2,1-2H3. The van der Waals surface area contributed by atoms with E-state index in [1.807, 2.05) is 6.92 Å². The Labute approximate surface area is 148 Å². The lowest BCUT2D eigenvalue weighted by Gasteiger charge is -2.26. The third-order valence-corrected chi connectivity index (χ3v) is 3.62. The maximum atomic E-state index is 12.2. The highest BCUT2D eigenvalue weighted by Gasteiger charge is 2.25. The van der Waals surface area contributed by atoms with Crippen LogP contribution in [0.3, 0.4) is 0 Å². The van der Waals surface area contributed by atoms with E-state index >= 15 is 0 Å². The molecule has 1 unspecified atom stereocenters. The summed E-state index contributed by atoms with van der Waals surface area (Å²) in [7, 11) is 1.56. The van der Waals surface area contributed by atoms with Crippen LogP contribution in [0, 0.1) is 0 Å². The lowest BCUT2D eigenvalue weighted by atomic mass is 10.1. The first-order chi connectivity index (χ1) is 12.0. The Bertz CT molecular complexity index is 577. The molecule has 0 aromatic heterocycles. The van der Waals surface area contributed by atoms with Gasteiger partial charge in [-0.2, -0.15) is 0 Å². The molecule has 0 bridgehead atoms. The first-order valence-corrected chi connectivity index (χ1v) is 8.46. The molecule has 1 aliphatic heterocycles. The second-order valence-electron chi connectivity index (χ2n) is 5.90. The molecule has 7 nitrogen and oxygen atoms in total. The normalized spacial score (nSPS) is 15.9. The van der Waals surface area contributed by atoms with Crippen molar-refractivity contribution in [1.82, 2.24) is 10.4 Å². The molecule has 1 aromatic carbocycles. The number of carbonyl (C=O) groups excluding carboxylic acids is 2. The number of hydrogen-bond acceptors (Lipinski definition) is 5. The van der Waals surface area contributed by atoms with Gasteiger partial charge < -0.3 is 14.4 Å². The molecule has 1 aromatic rings. The Morgan fingerprint density at radius 3 is 2.68 bits per heavy atom. The van der Waals surface area contributed by atoms with Gasteiger partial charge in [0.25, 0.3) is 5.91 Å². The number of nitrogens with one attached hydrogen (secondary N) is 1. The minimum atomic E-state index is -0.600. The minimum Gasteiger partial charge on any atom is -0.491 e. The minimum absolute atomic E-state index is 0.00276. The van der Waals surface area contributed by atoms with Crippen molar-refractivity contribution in [3.8, 4) is 5.75 Å². The number of benzene rings is 1. The SMILES string of the molecule is CCC.COCCC(=O)N1Cc2ccc(C(=O)NO)cc2OCC1C. The predicted octanol–water partition coefficient (Wildman–Crippen LogP) is 2.37. The van der Waals surface area contributed by atoms with Crippen LogP contribution in [0.15, 0.2) is 18.2 Å². The fourth-order valence-corrected chi connectivity index (χ4v) is 2.33. The van der Waals surface area contributed by atoms with Gasteiger partial charge in [-0.1, -0.05) is 26.3 Å². The zero-order valence-electron chi connectivity index (χ0n) is 15.4. The fourth-order valence-electron chi connectivity index (χ4n) is 2.33. The monoisotopic (exact) mass is 352 g/mol. The number of amides is 2. The summed E-state index contributed by atoms with van der Waals surface area (Å²) in [5.41, 5.74) is 2.71. The largest absolute Gasteiger partial charge is 0.491 e. The van der Waals surface area contributed by atoms with Gasteiger partial charge in [0.2, 0.25) is 5.91 Å². The molecule has 0 saturated carbocycles. The summed E-state index contributed by atoms with van der Waals surface area (Å²) < 4.78 is 10.6. The van der Waals surface area contributed by atoms with Crippen LogP contribution in [0.2, 0.25) is 0 Å². The van der Waals surface area contributed by atoms with E-state index in [9.17, 15) is 9.59 Å². The maximum absolute atomic E-state index is 12.2. The smallest absolute Gasteiger partial charge is 0.274 e. The highest BCUT2D eigenvalue weighted by molar-refractivity contribution is 5.93. The van der Waals surface area contributed by atoms with E-state index in [1.54, 1.807) is 35.7 Å². The summed E-state index contributed by atoms with van der Waals surface area (Å²) in [6.07, 6.45) is 1.57. The topological polar surface area (TPSA) is 88.1 Å². The number of carbonyl (C=O) groups is 2. The van der Waals surface area contributed by atoms with E-state index in [1.165, 1.54) is 6.42 Å². The summed E-state index contributed by atoms with van der Waals surface area (Å²) in [5, 5.41) is 8.68. The van der Waals surface area contributed by atoms with Crippen molar-refractivity contribution in [1.29, 1.82) is 0 Å². The molecule has 25 heavy (non-hydrogen) atoms. The number of fused-ring (bicyclic) bond motifs is 1. The molecular formula is C18H28N2O5. The number of nitrogens with zero attached hydrogens (tertiary/aromatic N) is 1. The number of hydrogen-bond donors (Lipinski definition) is 2. The average Bonchev–Trinajstić information content (AvgIpc) is 2.78. The van der Waals surface area contributed by atoms with Crippen molar-refractivity contribution in [2.75, 3.05) is 20.3 Å². The van der Waals surface area contributed by atoms with Crippen molar-refractivity contribution in [2.45, 2.75) is 46.2 Å². The highest BCUT2D eigenvalue weighted by Crippen LogP contribution is 2.26. The van der Waals surface area contributed by atoms with Crippen molar-refractivity contribution in [2.24, 2.45) is 0 Å². The predicted molar refractivity (Wildman–Crippen MR) is 93.7 cm³/mol. The lowest BCUT2D eigenvalue weighted by Crippen LogP contribution is -2.40. The molecular weight excluding hydrogens is 324 g/mol. The lowest BCUT2D eigenvalue weighted by molar-refractivity contribution is -0.135. The second-order valence-corrected chi connectivity index (χ2v) is 5.90. The zero-order valence-corrected chi connectivity index (χ0v) is 15.4. The van der Waals surface area contributed by atoms with Crippen LogP contribution < -0.4 is 10.2 Å². The number of hydroxylamine groups is 1. The third kappa shape index (κ3) is 6.03. The summed E-state index contributed by atoms with van der Waals surface area (Å²) in [5.74, 6) is -0.0466. The summed E-state index contributed by atoms with van der Waals surface area (Å²) in [6.45, 7) is 7.30. The molecule has 0 aliphatic carbocycles. The van der Waals surface area contributed by atoms with E-state index in [0.29, 0.717) is 37.5 Å². The summed E-state index contributed by atoms with van der Waals surface area (Å²) in [6, 6.07) is 4.80. The molecule has 1 atom stereocenters. The van der Waals surface area contributed by atoms with Crippen LogP contribution in [-0.4, -0.2) is 48.3 Å². The Hall–Kier alpha value is -2.12. The van der Waals surface area contributed by atoms with Crippen LogP contribution in [0.25, 0.3) is 0 Å². The molecule has 0 saturated heterocycles. The fraction of sp³-hybridized carbons (Fsp3) is 0.556. The summed E-state index contributed by atoms with van der Waals surface area (Å²) in [4.78, 5) is 25.4. The molecule has 1 heterocycles. The van der Waals surface area contributed by atoms with Gasteiger partial charge in [-0.3, -0.25) is 14.8 Å². The van der Waals surface area contributed by atoms with E-state index in [2.05, 4.69) is 13.8 Å². The highest BCUT2D eigenvalue weighted by atomic mass is 16.5. The molecule has 1 aliphatic rings. The molecule has 0 spiro atoms. The number of rotatable bonds is 4. The molecule has 0 fully saturated rings. The van der Waals surface area contributed by atoms with Gasteiger partial charge in [0, 0.05) is 24.8 Å². The van der Waals surface area contributed by atoms with E-state index in [4.69, 9.17) is 14.7 Å². The van der Waals surface area contributed by atoms with Crippen LogP contribution in [-0.2, 0) is 16.1 Å². The number of methoxy groups -OCH3 is 1. The van der Waals surface area contributed by atoms with Crippen molar-refractivity contribution in [3.63, 3.8) is 0 Å². The molecule has 2 amide bonds. The van der Waals surface area contributed by atoms with E-state index in [-0.39, 0.29) is 11.9 Å². The first kappa shape index (κ1) is 20.9. The van der Waals surface area contributed by atoms with Gasteiger partial charge in [0.05, 0.1) is 19.1 Å². The van der Waals surface area contributed by atoms with Gasteiger partial charge in [0.15, 0.2) is 0 Å². The first-order valence-electron chi connectivity index (χ1n) is 8.46. The number of ether oxygens (including phenoxy) is 2. The van der Waals surface area contributed by atoms with Crippen LogP contribution in [0.1, 0.15) is 49.5 Å². The average molecular weight is 352 g/mol. The molecule has 7 heteroatoms. The van der Waals surface area contributed by atoms with Crippen molar-refractivity contribution in [3.05, 3.63) is 29.3 Å². The molecule has 2 N–H and O–H groups in total. The Kier molecular flexibility index (Phi) is 8.94. The van der Waals surface area contributed by atoms with Crippen LogP contribution in [0.5, 0.6) is 5.75 Å². The molecule has 0 radical (unpaired) electrons. The third-order valence-electron chi connectivity index (χ3n) is 3.62. The van der Waals surface area contributed by atoms with Gasteiger partial charge >= 0.3 is 0 Å².